The van der Waals surface area contributed by atoms with Crippen LogP contribution in [0.3, 0.4) is 0 Å². The van der Waals surface area contributed by atoms with Gasteiger partial charge in [-0.15, -0.1) is 0 Å². The number of thiocarbonyl (C=S) groups is 1. The molecule has 0 unspecified atom stereocenters. The molecule has 0 radical (unpaired) electrons. The zero-order chi connectivity index (χ0) is 14.4. The second-order valence-corrected chi connectivity index (χ2v) is 5.08. The van der Waals surface area contributed by atoms with Crippen LogP contribution in [-0.4, -0.2) is 19.2 Å². The highest BCUT2D eigenvalue weighted by atomic mass is 32.1. The maximum Gasteiger partial charge on any atom is 0.166 e. The molecule has 2 aromatic rings. The minimum atomic E-state index is 0.596. The number of nitrogens with one attached hydrogen (secondary N) is 2. The highest BCUT2D eigenvalue weighted by molar-refractivity contribution is 7.80. The van der Waals surface area contributed by atoms with Gasteiger partial charge < -0.3 is 20.0 Å². The predicted molar refractivity (Wildman–Crippen MR) is 85.8 cm³/mol. The molecule has 0 saturated carbocycles. The average Bonchev–Trinajstić information content (AvgIpc) is 2.96. The first-order chi connectivity index (χ1) is 9.65. The lowest BCUT2D eigenvalue weighted by atomic mass is 10.2. The van der Waals surface area contributed by atoms with Crippen LogP contribution in [-0.2, 0) is 13.1 Å². The normalized spacial score (nSPS) is 10.1. The van der Waals surface area contributed by atoms with Crippen molar-refractivity contribution in [1.29, 1.82) is 0 Å². The zero-order valence-corrected chi connectivity index (χ0v) is 12.5. The summed E-state index contributed by atoms with van der Waals surface area (Å²) in [7, 11) is 4.06. The molecule has 1 heterocycles. The third-order valence-electron chi connectivity index (χ3n) is 2.91. The second-order valence-electron chi connectivity index (χ2n) is 4.68. The van der Waals surface area contributed by atoms with Gasteiger partial charge in [0.25, 0.3) is 0 Å². The SMILES string of the molecule is CN(C)c1ccc(CNC(=S)NCc2ccco2)cc1. The Kier molecular flexibility index (Phi) is 5.01. The molecule has 4 nitrogen and oxygen atoms in total. The third kappa shape index (κ3) is 4.28. The summed E-state index contributed by atoms with van der Waals surface area (Å²) in [5, 5.41) is 6.90. The van der Waals surface area contributed by atoms with Gasteiger partial charge in [-0.25, -0.2) is 0 Å². The number of anilines is 1. The summed E-state index contributed by atoms with van der Waals surface area (Å²) in [6, 6.07) is 12.1. The van der Waals surface area contributed by atoms with Crippen molar-refractivity contribution in [3.05, 3.63) is 54.0 Å². The van der Waals surface area contributed by atoms with E-state index in [4.69, 9.17) is 16.6 Å². The van der Waals surface area contributed by atoms with Gasteiger partial charge in [-0.2, -0.15) is 0 Å². The van der Waals surface area contributed by atoms with E-state index in [-0.39, 0.29) is 0 Å². The highest BCUT2D eigenvalue weighted by Gasteiger charge is 2.00. The smallest absolute Gasteiger partial charge is 0.166 e. The van der Waals surface area contributed by atoms with Gasteiger partial charge in [0.1, 0.15) is 5.76 Å². The fraction of sp³-hybridized carbons (Fsp3) is 0.267. The van der Waals surface area contributed by atoms with E-state index < -0.39 is 0 Å². The monoisotopic (exact) mass is 289 g/mol. The summed E-state index contributed by atoms with van der Waals surface area (Å²) in [4.78, 5) is 2.08. The van der Waals surface area contributed by atoms with Crippen molar-refractivity contribution in [2.75, 3.05) is 19.0 Å². The molecule has 0 fully saturated rings. The first-order valence-electron chi connectivity index (χ1n) is 6.45. The molecule has 0 spiro atoms. The van der Waals surface area contributed by atoms with Gasteiger partial charge in [0, 0.05) is 26.3 Å². The summed E-state index contributed by atoms with van der Waals surface area (Å²) >= 11 is 5.22. The van der Waals surface area contributed by atoms with Crippen molar-refractivity contribution in [2.45, 2.75) is 13.1 Å². The molecule has 2 rings (SSSR count). The Hall–Kier alpha value is -2.01. The van der Waals surface area contributed by atoms with E-state index in [1.54, 1.807) is 6.26 Å². The molecule has 2 N–H and O–H groups in total. The Morgan fingerprint density at radius 2 is 1.80 bits per heavy atom. The maximum absolute atomic E-state index is 5.23. The van der Waals surface area contributed by atoms with Crippen LogP contribution in [0.25, 0.3) is 0 Å². The van der Waals surface area contributed by atoms with E-state index in [0.29, 0.717) is 18.2 Å². The van der Waals surface area contributed by atoms with E-state index >= 15 is 0 Å². The van der Waals surface area contributed by atoms with E-state index in [1.807, 2.05) is 26.2 Å². The van der Waals surface area contributed by atoms with Crippen LogP contribution in [0.1, 0.15) is 11.3 Å². The first-order valence-corrected chi connectivity index (χ1v) is 6.86. The molecule has 0 bridgehead atoms. The van der Waals surface area contributed by atoms with Crippen LogP contribution in [0, 0.1) is 0 Å². The number of rotatable bonds is 5. The molecular weight excluding hydrogens is 270 g/mol. The molecule has 0 atom stereocenters. The number of benzene rings is 1. The second kappa shape index (κ2) is 6.96. The minimum Gasteiger partial charge on any atom is -0.467 e. The molecule has 106 valence electrons. The lowest BCUT2D eigenvalue weighted by molar-refractivity contribution is 0.502. The topological polar surface area (TPSA) is 40.4 Å². The molecule has 0 aliphatic heterocycles. The Balaban J connectivity index is 1.75. The molecule has 1 aromatic heterocycles. The Labute approximate surface area is 124 Å². The van der Waals surface area contributed by atoms with Crippen LogP contribution in [0.15, 0.2) is 47.1 Å². The lowest BCUT2D eigenvalue weighted by Crippen LogP contribution is -2.34. The van der Waals surface area contributed by atoms with Crippen molar-refractivity contribution in [3.8, 4) is 0 Å². The number of hydrogen-bond acceptors (Lipinski definition) is 3. The summed E-state index contributed by atoms with van der Waals surface area (Å²) in [5.74, 6) is 0.865. The zero-order valence-electron chi connectivity index (χ0n) is 11.7. The maximum atomic E-state index is 5.23. The van der Waals surface area contributed by atoms with Crippen LogP contribution in [0.5, 0.6) is 0 Å². The predicted octanol–water partition coefficient (Wildman–Crippen LogP) is 2.51. The summed E-state index contributed by atoms with van der Waals surface area (Å²) < 4.78 is 5.23. The summed E-state index contributed by atoms with van der Waals surface area (Å²) in [6.07, 6.45) is 1.65. The van der Waals surface area contributed by atoms with Gasteiger partial charge in [0.15, 0.2) is 5.11 Å². The van der Waals surface area contributed by atoms with E-state index in [2.05, 4.69) is 39.8 Å². The van der Waals surface area contributed by atoms with Crippen LogP contribution >= 0.6 is 12.2 Å². The number of nitrogens with zero attached hydrogens (tertiary/aromatic N) is 1. The van der Waals surface area contributed by atoms with Crippen molar-refractivity contribution in [1.82, 2.24) is 10.6 Å². The van der Waals surface area contributed by atoms with Gasteiger partial charge in [0.05, 0.1) is 12.8 Å². The van der Waals surface area contributed by atoms with Gasteiger partial charge in [-0.3, -0.25) is 0 Å². The summed E-state index contributed by atoms with van der Waals surface area (Å²) in [6.45, 7) is 1.30. The van der Waals surface area contributed by atoms with Crippen LogP contribution < -0.4 is 15.5 Å². The van der Waals surface area contributed by atoms with Gasteiger partial charge in [0.2, 0.25) is 0 Å². The van der Waals surface area contributed by atoms with Crippen LogP contribution in [0.4, 0.5) is 5.69 Å². The third-order valence-corrected chi connectivity index (χ3v) is 3.20. The fourth-order valence-electron chi connectivity index (χ4n) is 1.74. The van der Waals surface area contributed by atoms with Gasteiger partial charge in [-0.05, 0) is 42.0 Å². The van der Waals surface area contributed by atoms with E-state index in [1.165, 1.54) is 11.3 Å². The van der Waals surface area contributed by atoms with E-state index in [0.717, 1.165) is 5.76 Å². The quantitative estimate of drug-likeness (QED) is 0.828. The Morgan fingerprint density at radius 3 is 2.40 bits per heavy atom. The van der Waals surface area contributed by atoms with Gasteiger partial charge in [-0.1, -0.05) is 12.1 Å². The van der Waals surface area contributed by atoms with Crippen molar-refractivity contribution in [3.63, 3.8) is 0 Å². The average molecular weight is 289 g/mol. The standard InChI is InChI=1S/C15H19N3OS/c1-18(2)13-7-5-12(6-8-13)10-16-15(20)17-11-14-4-3-9-19-14/h3-9H,10-11H2,1-2H3,(H2,16,17,20). The van der Waals surface area contributed by atoms with Crippen molar-refractivity contribution < 1.29 is 4.42 Å². The molecule has 5 heteroatoms. The van der Waals surface area contributed by atoms with Crippen molar-refractivity contribution in [2.24, 2.45) is 0 Å². The molecule has 20 heavy (non-hydrogen) atoms. The molecular formula is C15H19N3OS. The number of hydrogen-bond donors (Lipinski definition) is 2. The van der Waals surface area contributed by atoms with E-state index in [9.17, 15) is 0 Å². The summed E-state index contributed by atoms with van der Waals surface area (Å²) in [5.41, 5.74) is 2.38. The fourth-order valence-corrected chi connectivity index (χ4v) is 1.88. The first kappa shape index (κ1) is 14.4. The molecule has 0 amide bonds. The minimum absolute atomic E-state index is 0.596. The van der Waals surface area contributed by atoms with Crippen LogP contribution in [0.2, 0.25) is 0 Å². The molecule has 0 aliphatic carbocycles. The van der Waals surface area contributed by atoms with Crippen molar-refractivity contribution >= 4 is 23.0 Å². The molecule has 0 saturated heterocycles. The van der Waals surface area contributed by atoms with Gasteiger partial charge >= 0.3 is 0 Å². The molecule has 1 aromatic carbocycles. The largest absolute Gasteiger partial charge is 0.467 e. The lowest BCUT2D eigenvalue weighted by Gasteiger charge is -2.13. The number of furan rings is 1. The molecule has 0 aliphatic rings. The Bertz CT molecular complexity index is 535. The highest BCUT2D eigenvalue weighted by Crippen LogP contribution is 2.11. The Morgan fingerprint density at radius 1 is 1.10 bits per heavy atom.